The van der Waals surface area contributed by atoms with Crippen molar-refractivity contribution in [1.82, 2.24) is 4.98 Å². The zero-order valence-corrected chi connectivity index (χ0v) is 13.4. The fourth-order valence-electron chi connectivity index (χ4n) is 1.80. The average Bonchev–Trinajstić information content (AvgIpc) is 3.15. The topological polar surface area (TPSA) is 63.6 Å². The van der Waals surface area contributed by atoms with Crippen LogP contribution in [0.4, 0.5) is 5.13 Å². The first kappa shape index (κ1) is 14.7. The molecule has 1 N–H and O–H groups in total. The molecular formula is C15H13N3O2S2. The molecule has 2 aromatic heterocycles. The van der Waals surface area contributed by atoms with E-state index in [4.69, 9.17) is 4.84 Å². The normalized spacial score (nSPS) is 11.6. The van der Waals surface area contributed by atoms with Gasteiger partial charge in [-0.15, -0.1) is 11.3 Å². The molecule has 7 heteroatoms. The number of thiophene rings is 1. The molecule has 0 radical (unpaired) electrons. The maximum Gasteiger partial charge on any atom is 0.266 e. The number of carbonyl (C=O) groups excluding carboxylic acids is 1. The average molecular weight is 331 g/mol. The second-order valence-corrected chi connectivity index (χ2v) is 6.44. The van der Waals surface area contributed by atoms with Crippen molar-refractivity contribution in [3.63, 3.8) is 0 Å². The lowest BCUT2D eigenvalue weighted by Gasteiger charge is -2.01. The Morgan fingerprint density at radius 1 is 1.32 bits per heavy atom. The van der Waals surface area contributed by atoms with Gasteiger partial charge in [0.15, 0.2) is 11.7 Å². The van der Waals surface area contributed by atoms with Gasteiger partial charge in [0.1, 0.15) is 0 Å². The van der Waals surface area contributed by atoms with Gasteiger partial charge in [0.05, 0.1) is 20.8 Å². The first-order valence-corrected chi connectivity index (χ1v) is 8.28. The Morgan fingerprint density at radius 2 is 2.18 bits per heavy atom. The minimum absolute atomic E-state index is 0.140. The summed E-state index contributed by atoms with van der Waals surface area (Å²) in [7, 11) is 0. The van der Waals surface area contributed by atoms with Crippen LogP contribution in [0.2, 0.25) is 0 Å². The number of oxime groups is 1. The van der Waals surface area contributed by atoms with Crippen molar-refractivity contribution in [2.75, 3.05) is 11.9 Å². The van der Waals surface area contributed by atoms with Crippen molar-refractivity contribution in [2.45, 2.75) is 6.92 Å². The highest BCUT2D eigenvalue weighted by molar-refractivity contribution is 7.22. The zero-order valence-electron chi connectivity index (χ0n) is 11.8. The molecule has 0 atom stereocenters. The van der Waals surface area contributed by atoms with Crippen molar-refractivity contribution in [1.29, 1.82) is 0 Å². The largest absolute Gasteiger partial charge is 0.385 e. The summed E-state index contributed by atoms with van der Waals surface area (Å²) in [6, 6.07) is 11.6. The molecule has 0 spiro atoms. The van der Waals surface area contributed by atoms with Gasteiger partial charge in [-0.2, -0.15) is 0 Å². The predicted octanol–water partition coefficient (Wildman–Crippen LogP) is 3.74. The highest BCUT2D eigenvalue weighted by atomic mass is 32.1. The van der Waals surface area contributed by atoms with Crippen molar-refractivity contribution in [3.05, 3.63) is 46.7 Å². The highest BCUT2D eigenvalue weighted by Gasteiger charge is 2.08. The number of hydrogen-bond donors (Lipinski definition) is 1. The lowest BCUT2D eigenvalue weighted by Crippen LogP contribution is -2.17. The van der Waals surface area contributed by atoms with Crippen molar-refractivity contribution in [3.8, 4) is 0 Å². The summed E-state index contributed by atoms with van der Waals surface area (Å²) in [6.07, 6.45) is 0. The van der Waals surface area contributed by atoms with E-state index in [1.807, 2.05) is 48.7 Å². The van der Waals surface area contributed by atoms with E-state index >= 15 is 0 Å². The predicted molar refractivity (Wildman–Crippen MR) is 90.7 cm³/mol. The molecule has 0 saturated heterocycles. The number of benzene rings is 1. The summed E-state index contributed by atoms with van der Waals surface area (Å²) in [6.45, 7) is 1.70. The molecule has 0 fully saturated rings. The van der Waals surface area contributed by atoms with Crippen molar-refractivity contribution >= 4 is 49.6 Å². The number of para-hydroxylation sites is 1. The van der Waals surface area contributed by atoms with Gasteiger partial charge in [-0.3, -0.25) is 10.1 Å². The number of hydrogen-bond acceptors (Lipinski definition) is 6. The third kappa shape index (κ3) is 3.49. The minimum atomic E-state index is -0.276. The van der Waals surface area contributed by atoms with Crippen LogP contribution in [0.5, 0.6) is 0 Å². The maximum absolute atomic E-state index is 11.8. The van der Waals surface area contributed by atoms with Gasteiger partial charge in [0.2, 0.25) is 0 Å². The molecule has 3 rings (SSSR count). The van der Waals surface area contributed by atoms with Crippen LogP contribution in [-0.4, -0.2) is 23.2 Å². The molecule has 0 bridgehead atoms. The Bertz CT molecular complexity index is 776. The first-order valence-electron chi connectivity index (χ1n) is 6.58. The summed E-state index contributed by atoms with van der Waals surface area (Å²) in [5.74, 6) is -0.276. The number of anilines is 1. The van der Waals surface area contributed by atoms with E-state index in [1.54, 1.807) is 11.3 Å². The Morgan fingerprint density at radius 3 is 2.95 bits per heavy atom. The van der Waals surface area contributed by atoms with E-state index in [0.29, 0.717) is 5.13 Å². The summed E-state index contributed by atoms with van der Waals surface area (Å²) in [5, 5.41) is 9.19. The van der Waals surface area contributed by atoms with Crippen LogP contribution >= 0.6 is 22.7 Å². The molecule has 1 amide bonds. The lowest BCUT2D eigenvalue weighted by molar-refractivity contribution is -0.120. The van der Waals surface area contributed by atoms with E-state index in [-0.39, 0.29) is 12.5 Å². The van der Waals surface area contributed by atoms with E-state index in [9.17, 15) is 4.79 Å². The van der Waals surface area contributed by atoms with Gasteiger partial charge in [-0.05, 0) is 30.5 Å². The van der Waals surface area contributed by atoms with Crippen LogP contribution in [-0.2, 0) is 9.63 Å². The second kappa shape index (κ2) is 6.67. The number of aromatic nitrogens is 1. The number of carbonyl (C=O) groups is 1. The van der Waals surface area contributed by atoms with Gasteiger partial charge in [0, 0.05) is 0 Å². The van der Waals surface area contributed by atoms with Gasteiger partial charge in [-0.25, -0.2) is 4.98 Å². The molecule has 3 aromatic rings. The quantitative estimate of drug-likeness (QED) is 0.572. The number of amides is 1. The number of nitrogens with zero attached hydrogens (tertiary/aromatic N) is 2. The van der Waals surface area contributed by atoms with Gasteiger partial charge < -0.3 is 4.84 Å². The van der Waals surface area contributed by atoms with Crippen LogP contribution in [0.1, 0.15) is 11.8 Å². The van der Waals surface area contributed by atoms with E-state index in [0.717, 1.165) is 20.8 Å². The first-order chi connectivity index (χ1) is 10.7. The lowest BCUT2D eigenvalue weighted by atomic mass is 10.3. The van der Waals surface area contributed by atoms with Crippen LogP contribution in [0.15, 0.2) is 46.9 Å². The summed E-state index contributed by atoms with van der Waals surface area (Å²) in [4.78, 5) is 22.3. The molecule has 0 saturated carbocycles. The third-order valence-corrected chi connectivity index (χ3v) is 4.75. The molecule has 2 heterocycles. The summed E-state index contributed by atoms with van der Waals surface area (Å²) in [5.41, 5.74) is 1.62. The Balaban J connectivity index is 1.55. The minimum Gasteiger partial charge on any atom is -0.385 e. The van der Waals surface area contributed by atoms with Crippen LogP contribution in [0, 0.1) is 0 Å². The second-order valence-electron chi connectivity index (χ2n) is 4.46. The van der Waals surface area contributed by atoms with Crippen LogP contribution in [0.25, 0.3) is 10.2 Å². The zero-order chi connectivity index (χ0) is 15.4. The van der Waals surface area contributed by atoms with Gasteiger partial charge in [0.25, 0.3) is 5.91 Å². The van der Waals surface area contributed by atoms with Crippen molar-refractivity contribution < 1.29 is 9.63 Å². The fraction of sp³-hybridized carbons (Fsp3) is 0.133. The van der Waals surface area contributed by atoms with Gasteiger partial charge >= 0.3 is 0 Å². The van der Waals surface area contributed by atoms with E-state index in [1.165, 1.54) is 11.3 Å². The Labute approximate surface area is 135 Å². The molecule has 1 aromatic carbocycles. The molecule has 0 aliphatic heterocycles. The Hall–Kier alpha value is -2.25. The smallest absolute Gasteiger partial charge is 0.266 e. The summed E-state index contributed by atoms with van der Waals surface area (Å²) < 4.78 is 1.03. The van der Waals surface area contributed by atoms with E-state index < -0.39 is 0 Å². The molecule has 22 heavy (non-hydrogen) atoms. The SMILES string of the molecule is CC(=NOCC(=O)Nc1nc2ccccc2s1)c1cccs1. The molecule has 0 unspecified atom stereocenters. The molecule has 0 aliphatic carbocycles. The number of nitrogens with one attached hydrogen (secondary N) is 1. The van der Waals surface area contributed by atoms with Crippen LogP contribution < -0.4 is 5.32 Å². The fourth-order valence-corrected chi connectivity index (χ4v) is 3.35. The third-order valence-electron chi connectivity index (χ3n) is 2.82. The number of fused-ring (bicyclic) bond motifs is 1. The molecular weight excluding hydrogens is 318 g/mol. The molecule has 5 nitrogen and oxygen atoms in total. The van der Waals surface area contributed by atoms with Gasteiger partial charge in [-0.1, -0.05) is 34.7 Å². The van der Waals surface area contributed by atoms with Crippen molar-refractivity contribution in [2.24, 2.45) is 5.16 Å². The monoisotopic (exact) mass is 331 g/mol. The number of rotatable bonds is 5. The van der Waals surface area contributed by atoms with E-state index in [2.05, 4.69) is 15.5 Å². The molecule has 0 aliphatic rings. The summed E-state index contributed by atoms with van der Waals surface area (Å²) >= 11 is 3.01. The number of thiazole rings is 1. The standard InChI is InChI=1S/C15H13N3O2S2/c1-10(12-7-4-8-21-12)18-20-9-14(19)17-15-16-11-5-2-3-6-13(11)22-15/h2-8H,9H2,1H3,(H,16,17,19). The highest BCUT2D eigenvalue weighted by Crippen LogP contribution is 2.25. The Kier molecular flexibility index (Phi) is 4.45. The van der Waals surface area contributed by atoms with Crippen LogP contribution in [0.3, 0.4) is 0 Å². The molecule has 112 valence electrons. The maximum atomic E-state index is 11.8.